The van der Waals surface area contributed by atoms with Gasteiger partial charge in [-0.2, -0.15) is 0 Å². The predicted molar refractivity (Wildman–Crippen MR) is 61.6 cm³/mol. The maximum absolute atomic E-state index is 11.8. The third kappa shape index (κ3) is 2.28. The zero-order valence-electron chi connectivity index (χ0n) is 10.00. The van der Waals surface area contributed by atoms with Crippen molar-refractivity contribution in [2.24, 2.45) is 17.8 Å². The number of hydrogen-bond acceptors (Lipinski definition) is 2. The zero-order valence-corrected chi connectivity index (χ0v) is 10.00. The van der Waals surface area contributed by atoms with Gasteiger partial charge in [-0.15, -0.1) is 0 Å². The van der Waals surface area contributed by atoms with E-state index in [1.165, 1.54) is 25.7 Å². The molecule has 1 aliphatic carbocycles. The van der Waals surface area contributed by atoms with E-state index in [0.29, 0.717) is 18.3 Å². The Balaban J connectivity index is 2.09. The van der Waals surface area contributed by atoms with Crippen molar-refractivity contribution in [3.63, 3.8) is 0 Å². The van der Waals surface area contributed by atoms with E-state index < -0.39 is 0 Å². The second kappa shape index (κ2) is 4.98. The molecule has 90 valence electrons. The van der Waals surface area contributed by atoms with E-state index in [-0.39, 0.29) is 17.7 Å². The van der Waals surface area contributed by atoms with Crippen LogP contribution in [0.15, 0.2) is 0 Å². The summed E-state index contributed by atoms with van der Waals surface area (Å²) in [6, 6.07) is 0. The van der Waals surface area contributed by atoms with Crippen molar-refractivity contribution >= 4 is 11.8 Å². The second-order valence-electron chi connectivity index (χ2n) is 5.22. The first-order valence-corrected chi connectivity index (χ1v) is 6.56. The third-order valence-electron chi connectivity index (χ3n) is 4.14. The second-order valence-corrected chi connectivity index (χ2v) is 5.22. The number of nitrogens with one attached hydrogen (secondary N) is 1. The molecule has 3 heteroatoms. The van der Waals surface area contributed by atoms with E-state index in [2.05, 4.69) is 12.2 Å². The average molecular weight is 223 g/mol. The maximum Gasteiger partial charge on any atom is 0.229 e. The molecule has 1 aliphatic heterocycles. The highest BCUT2D eigenvalue weighted by Crippen LogP contribution is 2.40. The van der Waals surface area contributed by atoms with Gasteiger partial charge in [0.1, 0.15) is 0 Å². The minimum atomic E-state index is -0.0609. The lowest BCUT2D eigenvalue weighted by Gasteiger charge is -2.34. The number of hydrogen-bond donors (Lipinski definition) is 1. The van der Waals surface area contributed by atoms with Gasteiger partial charge >= 0.3 is 0 Å². The minimum Gasteiger partial charge on any atom is -0.296 e. The van der Waals surface area contributed by atoms with E-state index in [9.17, 15) is 9.59 Å². The third-order valence-corrected chi connectivity index (χ3v) is 4.14. The lowest BCUT2D eigenvalue weighted by molar-refractivity contribution is -0.140. The molecule has 1 saturated carbocycles. The van der Waals surface area contributed by atoms with Crippen LogP contribution >= 0.6 is 0 Å². The molecule has 0 aromatic rings. The molecule has 2 unspecified atom stereocenters. The van der Waals surface area contributed by atoms with Gasteiger partial charge < -0.3 is 0 Å². The fourth-order valence-electron chi connectivity index (χ4n) is 3.37. The molecule has 2 fully saturated rings. The summed E-state index contributed by atoms with van der Waals surface area (Å²) >= 11 is 0. The fraction of sp³-hybridized carbons (Fsp3) is 0.846. The zero-order chi connectivity index (χ0) is 11.5. The van der Waals surface area contributed by atoms with Crippen molar-refractivity contribution < 1.29 is 9.59 Å². The molecule has 16 heavy (non-hydrogen) atoms. The Morgan fingerprint density at radius 2 is 1.94 bits per heavy atom. The van der Waals surface area contributed by atoms with Crippen molar-refractivity contribution in [1.29, 1.82) is 0 Å². The summed E-state index contributed by atoms with van der Waals surface area (Å²) < 4.78 is 0. The molecule has 3 nitrogen and oxygen atoms in total. The first-order chi connectivity index (χ1) is 7.72. The van der Waals surface area contributed by atoms with Crippen LogP contribution in [0.4, 0.5) is 0 Å². The Kier molecular flexibility index (Phi) is 3.62. The molecule has 1 heterocycles. The SMILES string of the molecule is CCCC1C(=O)NC(=O)CC1C1CCCC1. The smallest absolute Gasteiger partial charge is 0.229 e. The number of carbonyl (C=O) groups excluding carboxylic acids is 2. The Bertz CT molecular complexity index is 282. The van der Waals surface area contributed by atoms with Gasteiger partial charge in [0, 0.05) is 12.3 Å². The summed E-state index contributed by atoms with van der Waals surface area (Å²) in [7, 11) is 0. The number of piperidine rings is 1. The van der Waals surface area contributed by atoms with Crippen LogP contribution in [0.2, 0.25) is 0 Å². The van der Waals surface area contributed by atoms with Crippen LogP contribution in [0.3, 0.4) is 0 Å². The molecule has 0 aromatic heterocycles. The number of carbonyl (C=O) groups is 2. The molecular weight excluding hydrogens is 202 g/mol. The summed E-state index contributed by atoms with van der Waals surface area (Å²) in [5, 5.41) is 2.49. The molecule has 2 rings (SSSR count). The first-order valence-electron chi connectivity index (χ1n) is 6.56. The van der Waals surface area contributed by atoms with Crippen molar-refractivity contribution in [3.05, 3.63) is 0 Å². The lowest BCUT2D eigenvalue weighted by atomic mass is 9.74. The minimum absolute atomic E-state index is 0.0185. The van der Waals surface area contributed by atoms with Crippen molar-refractivity contribution in [1.82, 2.24) is 5.32 Å². The van der Waals surface area contributed by atoms with Gasteiger partial charge in [-0.1, -0.05) is 39.0 Å². The highest BCUT2D eigenvalue weighted by Gasteiger charge is 2.40. The maximum atomic E-state index is 11.8. The number of imide groups is 1. The predicted octanol–water partition coefficient (Wildman–Crippen LogP) is 2.26. The molecular formula is C13H21NO2. The number of rotatable bonds is 3. The Morgan fingerprint density at radius 1 is 1.25 bits per heavy atom. The summed E-state index contributed by atoms with van der Waals surface area (Å²) in [4.78, 5) is 23.3. The highest BCUT2D eigenvalue weighted by molar-refractivity contribution is 5.99. The van der Waals surface area contributed by atoms with E-state index >= 15 is 0 Å². The van der Waals surface area contributed by atoms with Gasteiger partial charge in [0.05, 0.1) is 0 Å². The average Bonchev–Trinajstić information content (AvgIpc) is 2.75. The lowest BCUT2D eigenvalue weighted by Crippen LogP contribution is -2.47. The molecule has 2 atom stereocenters. The highest BCUT2D eigenvalue weighted by atomic mass is 16.2. The van der Waals surface area contributed by atoms with Crippen LogP contribution in [0.5, 0.6) is 0 Å². The largest absolute Gasteiger partial charge is 0.296 e. The van der Waals surface area contributed by atoms with Gasteiger partial charge in [0.2, 0.25) is 11.8 Å². The van der Waals surface area contributed by atoms with Crippen LogP contribution in [-0.2, 0) is 9.59 Å². The molecule has 0 bridgehead atoms. The summed E-state index contributed by atoms with van der Waals surface area (Å²) in [6.07, 6.45) is 7.50. The topological polar surface area (TPSA) is 46.2 Å². The molecule has 0 radical (unpaired) electrons. The van der Waals surface area contributed by atoms with Gasteiger partial charge in [-0.05, 0) is 18.3 Å². The molecule has 1 saturated heterocycles. The van der Waals surface area contributed by atoms with E-state index in [4.69, 9.17) is 0 Å². The van der Waals surface area contributed by atoms with Gasteiger partial charge in [0.25, 0.3) is 0 Å². The summed E-state index contributed by atoms with van der Waals surface area (Å²) in [5.74, 6) is 0.949. The van der Waals surface area contributed by atoms with Crippen molar-refractivity contribution in [2.45, 2.75) is 51.9 Å². The van der Waals surface area contributed by atoms with Gasteiger partial charge in [-0.3, -0.25) is 14.9 Å². The van der Waals surface area contributed by atoms with Crippen molar-refractivity contribution in [2.75, 3.05) is 0 Å². The standard InChI is InChI=1S/C13H21NO2/c1-2-5-10-11(9-6-3-4-7-9)8-12(15)14-13(10)16/h9-11H,2-8H2,1H3,(H,14,15,16). The van der Waals surface area contributed by atoms with Crippen LogP contribution in [-0.4, -0.2) is 11.8 Å². The molecule has 0 spiro atoms. The van der Waals surface area contributed by atoms with Crippen LogP contribution in [0.25, 0.3) is 0 Å². The van der Waals surface area contributed by atoms with Crippen LogP contribution in [0.1, 0.15) is 51.9 Å². The van der Waals surface area contributed by atoms with Gasteiger partial charge in [0.15, 0.2) is 0 Å². The van der Waals surface area contributed by atoms with Gasteiger partial charge in [-0.25, -0.2) is 0 Å². The van der Waals surface area contributed by atoms with Crippen molar-refractivity contribution in [3.8, 4) is 0 Å². The fourth-order valence-corrected chi connectivity index (χ4v) is 3.37. The monoisotopic (exact) mass is 223 g/mol. The molecule has 0 aromatic carbocycles. The molecule has 2 amide bonds. The van der Waals surface area contributed by atoms with Crippen LogP contribution in [0, 0.1) is 17.8 Å². The van der Waals surface area contributed by atoms with E-state index in [0.717, 1.165) is 12.8 Å². The Morgan fingerprint density at radius 3 is 2.56 bits per heavy atom. The quantitative estimate of drug-likeness (QED) is 0.746. The van der Waals surface area contributed by atoms with E-state index in [1.54, 1.807) is 0 Å². The normalized spacial score (nSPS) is 31.8. The Labute approximate surface area is 97.0 Å². The number of amides is 2. The molecule has 1 N–H and O–H groups in total. The van der Waals surface area contributed by atoms with E-state index in [1.807, 2.05) is 0 Å². The summed E-state index contributed by atoms with van der Waals surface area (Å²) in [6.45, 7) is 2.11. The Hall–Kier alpha value is -0.860. The summed E-state index contributed by atoms with van der Waals surface area (Å²) in [5.41, 5.74) is 0. The molecule has 2 aliphatic rings. The van der Waals surface area contributed by atoms with Crippen LogP contribution < -0.4 is 5.32 Å². The first kappa shape index (κ1) is 11.6.